The van der Waals surface area contributed by atoms with Crippen LogP contribution in [-0.2, 0) is 9.53 Å². The molecule has 1 aliphatic carbocycles. The van der Waals surface area contributed by atoms with Crippen molar-refractivity contribution < 1.29 is 19.1 Å². The van der Waals surface area contributed by atoms with Crippen molar-refractivity contribution in [3.8, 4) is 5.75 Å². The third kappa shape index (κ3) is 2.45. The molecular weight excluding hydrogens is 282 g/mol. The highest BCUT2D eigenvalue weighted by atomic mass is 16.5. The smallest absolute Gasteiger partial charge is 0.332 e. The zero-order valence-corrected chi connectivity index (χ0v) is 12.8. The molecule has 1 saturated heterocycles. The van der Waals surface area contributed by atoms with E-state index in [1.54, 1.807) is 36.3 Å². The predicted octanol–water partition coefficient (Wildman–Crippen LogP) is 2.40. The summed E-state index contributed by atoms with van der Waals surface area (Å²) in [6.45, 7) is 0.734. The first-order valence-electron chi connectivity index (χ1n) is 7.81. The minimum absolute atomic E-state index is 0.113. The number of rotatable bonds is 2. The number of ether oxygens (including phenoxy) is 2. The Morgan fingerprint density at radius 2 is 2.05 bits per heavy atom. The molecule has 1 aliphatic heterocycles. The molecule has 1 saturated carbocycles. The van der Waals surface area contributed by atoms with Gasteiger partial charge in [-0.2, -0.15) is 0 Å². The van der Waals surface area contributed by atoms with Crippen LogP contribution in [0.3, 0.4) is 0 Å². The minimum Gasteiger partial charge on any atom is -0.497 e. The van der Waals surface area contributed by atoms with Crippen molar-refractivity contribution in [1.82, 2.24) is 4.90 Å². The van der Waals surface area contributed by atoms with Crippen LogP contribution in [0.4, 0.5) is 0 Å². The van der Waals surface area contributed by atoms with Crippen LogP contribution < -0.4 is 4.74 Å². The van der Waals surface area contributed by atoms with E-state index in [1.807, 2.05) is 0 Å². The molecule has 1 spiro atoms. The molecule has 5 heteroatoms. The third-order valence-corrected chi connectivity index (χ3v) is 4.69. The van der Waals surface area contributed by atoms with Gasteiger partial charge in [-0.05, 0) is 31.0 Å². The van der Waals surface area contributed by atoms with E-state index in [4.69, 9.17) is 9.47 Å². The van der Waals surface area contributed by atoms with Gasteiger partial charge in [0.25, 0.3) is 5.91 Å². The maximum absolute atomic E-state index is 12.9. The van der Waals surface area contributed by atoms with Gasteiger partial charge < -0.3 is 14.4 Å². The summed E-state index contributed by atoms with van der Waals surface area (Å²) in [6, 6.07) is 7.08. The summed E-state index contributed by atoms with van der Waals surface area (Å²) in [5.41, 5.74) is -0.213. The molecule has 0 aromatic heterocycles. The quantitative estimate of drug-likeness (QED) is 0.787. The highest BCUT2D eigenvalue weighted by molar-refractivity contribution is 5.99. The molecule has 1 heterocycles. The number of methoxy groups -OCH3 is 1. The normalized spacial score (nSPS) is 20.6. The topological polar surface area (TPSA) is 55.8 Å². The summed E-state index contributed by atoms with van der Waals surface area (Å²) in [4.78, 5) is 27.1. The molecule has 2 aliphatic rings. The highest BCUT2D eigenvalue weighted by Crippen LogP contribution is 2.37. The maximum Gasteiger partial charge on any atom is 0.332 e. The lowest BCUT2D eigenvalue weighted by Gasteiger charge is -2.47. The number of benzene rings is 1. The van der Waals surface area contributed by atoms with Gasteiger partial charge in [0.15, 0.2) is 0 Å². The van der Waals surface area contributed by atoms with Crippen LogP contribution in [0, 0.1) is 0 Å². The Hall–Kier alpha value is -2.04. The number of hydrogen-bond acceptors (Lipinski definition) is 4. The zero-order chi connectivity index (χ0) is 15.6. The summed E-state index contributed by atoms with van der Waals surface area (Å²) in [7, 11) is 1.57. The molecule has 0 bridgehead atoms. The SMILES string of the molecule is COc1cccc(C(=O)N2CCOC(=O)C23CCCCC3)c1. The molecule has 1 amide bonds. The number of esters is 1. The van der Waals surface area contributed by atoms with Crippen molar-refractivity contribution >= 4 is 11.9 Å². The monoisotopic (exact) mass is 303 g/mol. The number of nitrogens with zero attached hydrogens (tertiary/aromatic N) is 1. The number of morpholine rings is 1. The van der Waals surface area contributed by atoms with Gasteiger partial charge in [0.1, 0.15) is 17.9 Å². The fourth-order valence-electron chi connectivity index (χ4n) is 3.51. The molecule has 118 valence electrons. The first-order chi connectivity index (χ1) is 10.7. The predicted molar refractivity (Wildman–Crippen MR) is 80.8 cm³/mol. The van der Waals surface area contributed by atoms with E-state index in [9.17, 15) is 9.59 Å². The Morgan fingerprint density at radius 1 is 1.27 bits per heavy atom. The van der Waals surface area contributed by atoms with Gasteiger partial charge in [-0.3, -0.25) is 4.79 Å². The second-order valence-electron chi connectivity index (χ2n) is 5.92. The molecule has 1 aromatic rings. The average Bonchev–Trinajstić information content (AvgIpc) is 2.58. The lowest BCUT2D eigenvalue weighted by Crippen LogP contribution is -2.62. The van der Waals surface area contributed by atoms with E-state index in [-0.39, 0.29) is 18.5 Å². The molecule has 5 nitrogen and oxygen atoms in total. The zero-order valence-electron chi connectivity index (χ0n) is 12.8. The lowest BCUT2D eigenvalue weighted by atomic mass is 9.79. The van der Waals surface area contributed by atoms with Gasteiger partial charge in [-0.25, -0.2) is 4.79 Å². The van der Waals surface area contributed by atoms with Crippen LogP contribution in [-0.4, -0.2) is 42.6 Å². The molecular formula is C17H21NO4. The van der Waals surface area contributed by atoms with Crippen LogP contribution in [0.2, 0.25) is 0 Å². The second kappa shape index (κ2) is 5.99. The average molecular weight is 303 g/mol. The Morgan fingerprint density at radius 3 is 2.77 bits per heavy atom. The van der Waals surface area contributed by atoms with Crippen LogP contribution in [0.1, 0.15) is 42.5 Å². The Bertz CT molecular complexity index is 578. The first kappa shape index (κ1) is 14.9. The van der Waals surface area contributed by atoms with E-state index >= 15 is 0 Å². The fraction of sp³-hybridized carbons (Fsp3) is 0.529. The van der Waals surface area contributed by atoms with E-state index < -0.39 is 5.54 Å². The van der Waals surface area contributed by atoms with Gasteiger partial charge in [-0.15, -0.1) is 0 Å². The maximum atomic E-state index is 12.9. The Labute approximate surface area is 130 Å². The molecule has 0 unspecified atom stereocenters. The van der Waals surface area contributed by atoms with Crippen molar-refractivity contribution in [3.05, 3.63) is 29.8 Å². The van der Waals surface area contributed by atoms with E-state index in [0.717, 1.165) is 19.3 Å². The first-order valence-corrected chi connectivity index (χ1v) is 7.81. The summed E-state index contributed by atoms with van der Waals surface area (Å²) in [6.07, 6.45) is 4.41. The minimum atomic E-state index is -0.767. The van der Waals surface area contributed by atoms with Crippen molar-refractivity contribution in [2.45, 2.75) is 37.6 Å². The number of carbonyl (C=O) groups is 2. The summed E-state index contributed by atoms with van der Waals surface area (Å²) in [5.74, 6) is 0.287. The van der Waals surface area contributed by atoms with Gasteiger partial charge >= 0.3 is 5.97 Å². The van der Waals surface area contributed by atoms with Crippen molar-refractivity contribution in [1.29, 1.82) is 0 Å². The third-order valence-electron chi connectivity index (χ3n) is 4.69. The van der Waals surface area contributed by atoms with Gasteiger partial charge in [0, 0.05) is 5.56 Å². The highest BCUT2D eigenvalue weighted by Gasteiger charge is 2.50. The standard InChI is InChI=1S/C17H21NO4/c1-21-14-7-5-6-13(12-14)15(19)18-10-11-22-16(20)17(18)8-3-2-4-9-17/h5-7,12H,2-4,8-11H2,1H3. The molecule has 0 atom stereocenters. The van der Waals surface area contributed by atoms with Gasteiger partial charge in [-0.1, -0.05) is 25.3 Å². The summed E-state index contributed by atoms with van der Waals surface area (Å²) >= 11 is 0. The van der Waals surface area contributed by atoms with Gasteiger partial charge in [0.05, 0.1) is 13.7 Å². The number of carbonyl (C=O) groups excluding carboxylic acids is 2. The molecule has 2 fully saturated rings. The van der Waals surface area contributed by atoms with E-state index in [2.05, 4.69) is 0 Å². The summed E-state index contributed by atoms with van der Waals surface area (Å²) < 4.78 is 10.5. The van der Waals surface area contributed by atoms with Crippen molar-refractivity contribution in [2.24, 2.45) is 0 Å². The van der Waals surface area contributed by atoms with Gasteiger partial charge in [0.2, 0.25) is 0 Å². The fourth-order valence-corrected chi connectivity index (χ4v) is 3.51. The number of cyclic esters (lactones) is 1. The Balaban J connectivity index is 1.93. The van der Waals surface area contributed by atoms with Crippen LogP contribution in [0.5, 0.6) is 5.75 Å². The number of amides is 1. The number of hydrogen-bond donors (Lipinski definition) is 0. The summed E-state index contributed by atoms with van der Waals surface area (Å²) in [5, 5.41) is 0. The molecule has 0 radical (unpaired) electrons. The van der Waals surface area contributed by atoms with E-state index in [1.165, 1.54) is 0 Å². The van der Waals surface area contributed by atoms with Crippen molar-refractivity contribution in [2.75, 3.05) is 20.3 Å². The van der Waals surface area contributed by atoms with Crippen LogP contribution in [0.15, 0.2) is 24.3 Å². The molecule has 3 rings (SSSR count). The Kier molecular flexibility index (Phi) is 4.05. The molecule has 1 aromatic carbocycles. The van der Waals surface area contributed by atoms with Crippen LogP contribution >= 0.6 is 0 Å². The van der Waals surface area contributed by atoms with Crippen LogP contribution in [0.25, 0.3) is 0 Å². The van der Waals surface area contributed by atoms with E-state index in [0.29, 0.717) is 30.7 Å². The second-order valence-corrected chi connectivity index (χ2v) is 5.92. The molecule has 22 heavy (non-hydrogen) atoms. The lowest BCUT2D eigenvalue weighted by molar-refractivity contribution is -0.168. The van der Waals surface area contributed by atoms with Crippen molar-refractivity contribution in [3.63, 3.8) is 0 Å². The largest absolute Gasteiger partial charge is 0.497 e. The molecule has 0 N–H and O–H groups in total.